The minimum absolute atomic E-state index is 0.152. The number of nitrogens with one attached hydrogen (secondary N) is 2. The largest absolute Gasteiger partial charge is 0.454 e. The second-order valence-electron chi connectivity index (χ2n) is 8.56. The van der Waals surface area contributed by atoms with Crippen molar-refractivity contribution in [1.82, 2.24) is 14.8 Å². The van der Waals surface area contributed by atoms with E-state index in [2.05, 4.69) is 15.2 Å². The second kappa shape index (κ2) is 10.6. The van der Waals surface area contributed by atoms with Crippen molar-refractivity contribution in [1.29, 1.82) is 0 Å². The molecule has 2 N–H and O–H groups in total. The molecule has 0 atom stereocenters. The molecule has 184 valence electrons. The molecule has 3 aromatic rings. The zero-order valence-corrected chi connectivity index (χ0v) is 20.0. The molecule has 1 aromatic heterocycles. The van der Waals surface area contributed by atoms with Gasteiger partial charge in [-0.1, -0.05) is 23.7 Å². The number of carbonyl (C=O) groups is 1. The maximum Gasteiger partial charge on any atom is 0.322 e. The summed E-state index contributed by atoms with van der Waals surface area (Å²) in [6, 6.07) is 12.2. The first-order valence-corrected chi connectivity index (χ1v) is 12.0. The van der Waals surface area contributed by atoms with Gasteiger partial charge in [-0.15, -0.1) is 0 Å². The summed E-state index contributed by atoms with van der Waals surface area (Å²) in [5.41, 5.74) is 1.41. The normalized spacial score (nSPS) is 15.3. The van der Waals surface area contributed by atoms with Gasteiger partial charge in [-0.25, -0.2) is 4.79 Å². The number of urea groups is 1. The molecule has 35 heavy (non-hydrogen) atoms. The number of benzene rings is 2. The van der Waals surface area contributed by atoms with Gasteiger partial charge >= 0.3 is 6.03 Å². The highest BCUT2D eigenvalue weighted by Crippen LogP contribution is 2.35. The molecular weight excluding hydrogens is 472 g/mol. The van der Waals surface area contributed by atoms with Crippen LogP contribution in [0.2, 0.25) is 5.02 Å². The Hall–Kier alpha value is -3.27. The summed E-state index contributed by atoms with van der Waals surface area (Å²) in [6.45, 7) is 4.84. The van der Waals surface area contributed by atoms with Gasteiger partial charge in [0.1, 0.15) is 0 Å². The second-order valence-corrected chi connectivity index (χ2v) is 8.96. The first-order valence-electron chi connectivity index (χ1n) is 11.6. The third-order valence-electron chi connectivity index (χ3n) is 6.18. The van der Waals surface area contributed by atoms with E-state index in [1.807, 2.05) is 12.1 Å². The van der Waals surface area contributed by atoms with Crippen LogP contribution in [0, 0.1) is 0 Å². The molecule has 5 rings (SSSR count). The molecule has 0 radical (unpaired) electrons. The lowest BCUT2D eigenvalue weighted by Gasteiger charge is -2.28. The minimum atomic E-state index is -0.315. The minimum Gasteiger partial charge on any atom is -0.454 e. The van der Waals surface area contributed by atoms with Gasteiger partial charge in [-0.2, -0.15) is 0 Å². The van der Waals surface area contributed by atoms with E-state index < -0.39 is 0 Å². The highest BCUT2D eigenvalue weighted by Gasteiger charge is 2.20. The molecule has 0 spiro atoms. The Morgan fingerprint density at radius 1 is 1.11 bits per heavy atom. The number of hydrogen-bond donors (Lipinski definition) is 2. The first-order chi connectivity index (χ1) is 17.1. The molecule has 0 aliphatic carbocycles. The van der Waals surface area contributed by atoms with Crippen molar-refractivity contribution in [3.63, 3.8) is 0 Å². The number of amides is 2. The molecule has 2 aliphatic heterocycles. The lowest BCUT2D eigenvalue weighted by molar-refractivity contribution is 0.0365. The predicted octanol–water partition coefficient (Wildman–Crippen LogP) is 3.67. The van der Waals surface area contributed by atoms with Gasteiger partial charge in [0.2, 0.25) is 6.79 Å². The molecule has 9 nitrogen and oxygen atoms in total. The zero-order chi connectivity index (χ0) is 24.2. The fourth-order valence-corrected chi connectivity index (χ4v) is 4.47. The molecule has 1 saturated heterocycles. The van der Waals surface area contributed by atoms with Crippen LogP contribution in [0.1, 0.15) is 12.0 Å². The maximum absolute atomic E-state index is 13.3. The number of hydrogen-bond acceptors (Lipinski definition) is 6. The number of aromatic amines is 1. The molecule has 0 unspecified atom stereocenters. The fraction of sp³-hybridized carbons (Fsp3) is 0.360. The molecule has 2 aliphatic rings. The van der Waals surface area contributed by atoms with E-state index >= 15 is 0 Å². The van der Waals surface area contributed by atoms with Crippen LogP contribution in [0.25, 0.3) is 10.9 Å². The van der Waals surface area contributed by atoms with Crippen molar-refractivity contribution in [2.75, 3.05) is 51.5 Å². The summed E-state index contributed by atoms with van der Waals surface area (Å²) in [5.74, 6) is 1.24. The van der Waals surface area contributed by atoms with Crippen molar-refractivity contribution < 1.29 is 19.0 Å². The van der Waals surface area contributed by atoms with Gasteiger partial charge < -0.3 is 29.4 Å². The number of halogens is 1. The molecular formula is C25H27ClN4O5. The highest BCUT2D eigenvalue weighted by atomic mass is 35.5. The lowest BCUT2D eigenvalue weighted by atomic mass is 10.1. The number of morpholine rings is 1. The number of rotatable bonds is 7. The van der Waals surface area contributed by atoms with Gasteiger partial charge in [0.25, 0.3) is 5.56 Å². The number of anilines is 1. The van der Waals surface area contributed by atoms with Crippen LogP contribution in [0.4, 0.5) is 10.5 Å². The van der Waals surface area contributed by atoms with Crippen LogP contribution in [0.15, 0.2) is 47.3 Å². The molecule has 10 heteroatoms. The number of ether oxygens (including phenoxy) is 3. The Labute approximate surface area is 207 Å². The number of aromatic nitrogens is 1. The average Bonchev–Trinajstić information content (AvgIpc) is 3.31. The summed E-state index contributed by atoms with van der Waals surface area (Å²) in [5, 5.41) is 4.14. The van der Waals surface area contributed by atoms with E-state index in [0.717, 1.165) is 44.7 Å². The van der Waals surface area contributed by atoms with E-state index in [-0.39, 0.29) is 24.9 Å². The van der Waals surface area contributed by atoms with Crippen LogP contribution in [-0.4, -0.2) is 67.0 Å². The topological polar surface area (TPSA) is 96.1 Å². The third kappa shape index (κ3) is 5.53. The summed E-state index contributed by atoms with van der Waals surface area (Å²) < 4.78 is 16.3. The van der Waals surface area contributed by atoms with Gasteiger partial charge in [0, 0.05) is 43.2 Å². The van der Waals surface area contributed by atoms with Crippen LogP contribution < -0.4 is 20.3 Å². The van der Waals surface area contributed by atoms with Crippen molar-refractivity contribution >= 4 is 34.2 Å². The van der Waals surface area contributed by atoms with E-state index in [4.69, 9.17) is 25.8 Å². The smallest absolute Gasteiger partial charge is 0.322 e. The van der Waals surface area contributed by atoms with Crippen LogP contribution in [-0.2, 0) is 11.3 Å². The number of fused-ring (bicyclic) bond motifs is 2. The fourth-order valence-electron chi connectivity index (χ4n) is 4.28. The molecule has 2 aromatic carbocycles. The average molecular weight is 499 g/mol. The van der Waals surface area contributed by atoms with Crippen molar-refractivity contribution in [3.05, 3.63) is 63.4 Å². The van der Waals surface area contributed by atoms with Crippen LogP contribution in [0.5, 0.6) is 11.5 Å². The Morgan fingerprint density at radius 2 is 1.89 bits per heavy atom. The standard InChI is InChI=1S/C25H27ClN4O5/c26-19-4-1-2-5-20(19)28-25(32)30(7-3-6-29-8-10-33-11-9-29)15-18-12-17-13-22-23(35-16-34-22)14-21(17)27-24(18)31/h1-2,4-5,12-14H,3,6-11,15-16H2,(H,27,31)(H,28,32). The van der Waals surface area contributed by atoms with Gasteiger partial charge in [-0.05, 0) is 30.7 Å². The van der Waals surface area contributed by atoms with E-state index in [1.54, 1.807) is 35.2 Å². The monoisotopic (exact) mass is 498 g/mol. The number of nitrogens with zero attached hydrogens (tertiary/aromatic N) is 2. The van der Waals surface area contributed by atoms with E-state index in [0.29, 0.717) is 39.8 Å². The highest BCUT2D eigenvalue weighted by molar-refractivity contribution is 6.33. The van der Waals surface area contributed by atoms with E-state index in [9.17, 15) is 9.59 Å². The summed E-state index contributed by atoms with van der Waals surface area (Å²) in [6.07, 6.45) is 0.764. The summed E-state index contributed by atoms with van der Waals surface area (Å²) in [7, 11) is 0. The van der Waals surface area contributed by atoms with Crippen molar-refractivity contribution in [2.45, 2.75) is 13.0 Å². The quantitative estimate of drug-likeness (QED) is 0.516. The Bertz CT molecular complexity index is 1270. The Balaban J connectivity index is 1.36. The summed E-state index contributed by atoms with van der Waals surface area (Å²) in [4.78, 5) is 33.0. The SMILES string of the molecule is O=C(Nc1ccccc1Cl)N(CCCN1CCOCC1)Cc1cc2cc3c(cc2[nH]c1=O)OCO3. The Morgan fingerprint density at radius 3 is 2.69 bits per heavy atom. The van der Waals surface area contributed by atoms with Crippen LogP contribution in [0.3, 0.4) is 0 Å². The predicted molar refractivity (Wildman–Crippen MR) is 133 cm³/mol. The molecule has 1 fully saturated rings. The summed E-state index contributed by atoms with van der Waals surface area (Å²) >= 11 is 6.25. The maximum atomic E-state index is 13.3. The molecule has 0 bridgehead atoms. The zero-order valence-electron chi connectivity index (χ0n) is 19.2. The Kier molecular flexibility index (Phi) is 7.08. The van der Waals surface area contributed by atoms with Gasteiger partial charge in [0.15, 0.2) is 11.5 Å². The first kappa shape index (κ1) is 23.5. The van der Waals surface area contributed by atoms with Crippen molar-refractivity contribution in [3.8, 4) is 11.5 Å². The van der Waals surface area contributed by atoms with Gasteiger partial charge in [-0.3, -0.25) is 9.69 Å². The van der Waals surface area contributed by atoms with Gasteiger partial charge in [0.05, 0.1) is 36.0 Å². The molecule has 0 saturated carbocycles. The number of pyridine rings is 1. The van der Waals surface area contributed by atoms with E-state index in [1.165, 1.54) is 0 Å². The van der Waals surface area contributed by atoms with Crippen molar-refractivity contribution in [2.24, 2.45) is 0 Å². The lowest BCUT2D eigenvalue weighted by Crippen LogP contribution is -2.40. The molecule has 3 heterocycles. The third-order valence-corrected chi connectivity index (χ3v) is 6.51. The molecule has 2 amide bonds. The van der Waals surface area contributed by atoms with Crippen LogP contribution >= 0.6 is 11.6 Å². The number of H-pyrrole nitrogens is 1. The number of carbonyl (C=O) groups excluding carboxylic acids is 1. The number of para-hydroxylation sites is 1.